The van der Waals surface area contributed by atoms with Crippen molar-refractivity contribution in [3.05, 3.63) is 82.6 Å². The molecule has 1 unspecified atom stereocenters. The lowest BCUT2D eigenvalue weighted by molar-refractivity contribution is 0.739. The largest absolute Gasteiger partial charge is 0.362 e. The monoisotopic (exact) mass is 488 g/mol. The van der Waals surface area contributed by atoms with Crippen LogP contribution in [0.25, 0.3) is 16.5 Å². The second kappa shape index (κ2) is 9.14. The Bertz CT molecular complexity index is 1260. The van der Waals surface area contributed by atoms with Gasteiger partial charge in [0.1, 0.15) is 5.82 Å². The molecular formula is C25H25BrN6. The number of fused-ring (bicyclic) bond motifs is 1. The average molecular weight is 489 g/mol. The van der Waals surface area contributed by atoms with Crippen molar-refractivity contribution in [1.29, 1.82) is 0 Å². The Morgan fingerprint density at radius 3 is 2.81 bits per heavy atom. The summed E-state index contributed by atoms with van der Waals surface area (Å²) >= 11 is 3.57. The summed E-state index contributed by atoms with van der Waals surface area (Å²) in [6.45, 7) is 4.05. The molecule has 7 heteroatoms. The first kappa shape index (κ1) is 20.7. The van der Waals surface area contributed by atoms with Gasteiger partial charge in [0.15, 0.2) is 0 Å². The normalized spacial score (nSPS) is 14.8. The van der Waals surface area contributed by atoms with E-state index in [0.29, 0.717) is 5.95 Å². The number of anilines is 3. The van der Waals surface area contributed by atoms with Gasteiger partial charge in [0.2, 0.25) is 5.95 Å². The maximum Gasteiger partial charge on any atom is 0.229 e. The smallest absolute Gasteiger partial charge is 0.229 e. The maximum atomic E-state index is 4.71. The number of hydrogen-bond donors (Lipinski definition) is 4. The molecule has 0 fully saturated rings. The second-order valence-electron chi connectivity index (χ2n) is 7.94. The maximum absolute atomic E-state index is 4.71. The van der Waals surface area contributed by atoms with Crippen LogP contribution < -0.4 is 16.0 Å². The number of aromatic amines is 1. The number of hydrogen-bond acceptors (Lipinski definition) is 5. The minimum atomic E-state index is 0.118. The van der Waals surface area contributed by atoms with Crippen LogP contribution in [-0.4, -0.2) is 28.0 Å². The summed E-state index contributed by atoms with van der Waals surface area (Å²) in [6.07, 6.45) is 7.19. The lowest BCUT2D eigenvalue weighted by atomic mass is 9.99. The van der Waals surface area contributed by atoms with E-state index in [1.807, 2.05) is 24.3 Å². The number of benzene rings is 2. The molecule has 1 aliphatic heterocycles. The SMILES string of the molecule is CC(Nc1nc(Nc2ccc3[nH]cc(C4=CCNCC4)c3c2)ncc1Br)c1ccccc1. The molecule has 4 N–H and O–H groups in total. The summed E-state index contributed by atoms with van der Waals surface area (Å²) in [4.78, 5) is 12.6. The lowest BCUT2D eigenvalue weighted by Gasteiger charge is -2.17. The molecule has 1 aliphatic rings. The van der Waals surface area contributed by atoms with E-state index in [1.54, 1.807) is 6.20 Å². The van der Waals surface area contributed by atoms with Crippen molar-refractivity contribution < 1.29 is 0 Å². The molecule has 0 saturated heterocycles. The second-order valence-corrected chi connectivity index (χ2v) is 8.79. The van der Waals surface area contributed by atoms with E-state index < -0.39 is 0 Å². The minimum absolute atomic E-state index is 0.118. The number of nitrogens with one attached hydrogen (secondary N) is 4. The first-order chi connectivity index (χ1) is 15.7. The Balaban J connectivity index is 1.39. The molecule has 1 atom stereocenters. The van der Waals surface area contributed by atoms with Crippen LogP contribution in [0.1, 0.15) is 30.5 Å². The third kappa shape index (κ3) is 4.40. The summed E-state index contributed by atoms with van der Waals surface area (Å²) in [7, 11) is 0. The molecule has 2 aromatic heterocycles. The van der Waals surface area contributed by atoms with Gasteiger partial charge in [-0.25, -0.2) is 4.98 Å². The van der Waals surface area contributed by atoms with Gasteiger partial charge < -0.3 is 20.9 Å². The van der Waals surface area contributed by atoms with Gasteiger partial charge in [-0.1, -0.05) is 36.4 Å². The molecule has 6 nitrogen and oxygen atoms in total. The zero-order chi connectivity index (χ0) is 21.9. The van der Waals surface area contributed by atoms with Crippen molar-refractivity contribution in [2.75, 3.05) is 23.7 Å². The van der Waals surface area contributed by atoms with Crippen LogP contribution in [0, 0.1) is 0 Å². The first-order valence-corrected chi connectivity index (χ1v) is 11.6. The number of aromatic nitrogens is 3. The van der Waals surface area contributed by atoms with E-state index in [0.717, 1.165) is 41.0 Å². The predicted octanol–water partition coefficient (Wildman–Crippen LogP) is 6.01. The van der Waals surface area contributed by atoms with E-state index in [4.69, 9.17) is 4.98 Å². The molecule has 5 rings (SSSR count). The van der Waals surface area contributed by atoms with Crippen molar-refractivity contribution in [2.45, 2.75) is 19.4 Å². The summed E-state index contributed by atoms with van der Waals surface area (Å²) in [6, 6.07) is 16.7. The number of rotatable bonds is 6. The van der Waals surface area contributed by atoms with Crippen LogP contribution >= 0.6 is 15.9 Å². The summed E-state index contributed by atoms with van der Waals surface area (Å²) in [5, 5.41) is 11.4. The van der Waals surface area contributed by atoms with Crippen LogP contribution in [0.5, 0.6) is 0 Å². The van der Waals surface area contributed by atoms with E-state index in [9.17, 15) is 0 Å². The van der Waals surface area contributed by atoms with Crippen molar-refractivity contribution in [3.63, 3.8) is 0 Å². The summed E-state index contributed by atoms with van der Waals surface area (Å²) < 4.78 is 0.826. The molecule has 2 aromatic carbocycles. The molecule has 0 radical (unpaired) electrons. The van der Waals surface area contributed by atoms with Gasteiger partial charge in [-0.15, -0.1) is 0 Å². The third-order valence-corrected chi connectivity index (χ3v) is 6.32. The predicted molar refractivity (Wildman–Crippen MR) is 135 cm³/mol. The zero-order valence-corrected chi connectivity index (χ0v) is 19.4. The molecule has 0 bridgehead atoms. The van der Waals surface area contributed by atoms with E-state index in [-0.39, 0.29) is 6.04 Å². The van der Waals surface area contributed by atoms with Gasteiger partial charge in [-0.3, -0.25) is 0 Å². The molecule has 0 amide bonds. The zero-order valence-electron chi connectivity index (χ0n) is 17.8. The third-order valence-electron chi connectivity index (χ3n) is 5.74. The van der Waals surface area contributed by atoms with E-state index in [2.05, 4.69) is 85.3 Å². The van der Waals surface area contributed by atoms with Gasteiger partial charge in [0.25, 0.3) is 0 Å². The van der Waals surface area contributed by atoms with Gasteiger partial charge in [-0.05, 0) is 65.2 Å². The molecule has 3 heterocycles. The van der Waals surface area contributed by atoms with Crippen LogP contribution in [-0.2, 0) is 0 Å². The van der Waals surface area contributed by atoms with Crippen LogP contribution in [0.15, 0.2) is 71.5 Å². The summed E-state index contributed by atoms with van der Waals surface area (Å²) in [5.41, 5.74) is 5.93. The van der Waals surface area contributed by atoms with Crippen molar-refractivity contribution >= 4 is 49.9 Å². The quantitative estimate of drug-likeness (QED) is 0.267. The molecule has 0 saturated carbocycles. The molecule has 4 aromatic rings. The van der Waals surface area contributed by atoms with Crippen LogP contribution in [0.2, 0.25) is 0 Å². The highest BCUT2D eigenvalue weighted by atomic mass is 79.9. The van der Waals surface area contributed by atoms with Crippen molar-refractivity contribution in [2.24, 2.45) is 0 Å². The topological polar surface area (TPSA) is 77.7 Å². The molecule has 0 aliphatic carbocycles. The van der Waals surface area contributed by atoms with Crippen molar-refractivity contribution in [3.8, 4) is 0 Å². The van der Waals surface area contributed by atoms with Gasteiger partial charge in [-0.2, -0.15) is 4.98 Å². The standard InChI is InChI=1S/C25H25BrN6/c1-16(17-5-3-2-4-6-17)30-24-22(26)15-29-25(32-24)31-19-7-8-23-20(13-19)21(14-28-23)18-9-11-27-12-10-18/h2-9,13-16,27-28H,10-12H2,1H3,(H2,29,30,31,32). The fourth-order valence-electron chi connectivity index (χ4n) is 4.02. The Morgan fingerprint density at radius 2 is 2.00 bits per heavy atom. The Morgan fingerprint density at radius 1 is 1.12 bits per heavy atom. The molecule has 32 heavy (non-hydrogen) atoms. The first-order valence-electron chi connectivity index (χ1n) is 10.8. The Labute approximate surface area is 195 Å². The van der Waals surface area contributed by atoms with Gasteiger partial charge in [0, 0.05) is 47.1 Å². The summed E-state index contributed by atoms with van der Waals surface area (Å²) in [5.74, 6) is 1.30. The van der Waals surface area contributed by atoms with E-state index >= 15 is 0 Å². The highest BCUT2D eigenvalue weighted by Crippen LogP contribution is 2.31. The van der Waals surface area contributed by atoms with E-state index in [1.165, 1.54) is 22.1 Å². The lowest BCUT2D eigenvalue weighted by Crippen LogP contribution is -2.19. The number of nitrogens with zero attached hydrogens (tertiary/aromatic N) is 2. The Hall–Kier alpha value is -3.16. The number of halogens is 1. The highest BCUT2D eigenvalue weighted by Gasteiger charge is 2.13. The van der Waals surface area contributed by atoms with Crippen molar-refractivity contribution in [1.82, 2.24) is 20.3 Å². The van der Waals surface area contributed by atoms with Crippen LogP contribution in [0.4, 0.5) is 17.5 Å². The average Bonchev–Trinajstić information content (AvgIpc) is 3.25. The van der Waals surface area contributed by atoms with Gasteiger partial charge in [0.05, 0.1) is 4.47 Å². The van der Waals surface area contributed by atoms with Gasteiger partial charge >= 0.3 is 0 Å². The van der Waals surface area contributed by atoms with Crippen LogP contribution in [0.3, 0.4) is 0 Å². The molecule has 162 valence electrons. The fraction of sp³-hybridized carbons (Fsp3) is 0.200. The number of H-pyrrole nitrogens is 1. The highest BCUT2D eigenvalue weighted by molar-refractivity contribution is 9.10. The molecular weight excluding hydrogens is 464 g/mol. The minimum Gasteiger partial charge on any atom is -0.362 e. The fourth-order valence-corrected chi connectivity index (χ4v) is 4.32. The Kier molecular flexibility index (Phi) is 5.92. The molecule has 0 spiro atoms.